The van der Waals surface area contributed by atoms with E-state index in [9.17, 15) is 13.2 Å². The van der Waals surface area contributed by atoms with Crippen molar-refractivity contribution in [2.75, 3.05) is 30.4 Å². The summed E-state index contributed by atoms with van der Waals surface area (Å²) in [6, 6.07) is 17.3. The Morgan fingerprint density at radius 2 is 1.79 bits per heavy atom. The zero-order valence-corrected chi connectivity index (χ0v) is 19.0. The van der Waals surface area contributed by atoms with Crippen molar-refractivity contribution in [2.24, 2.45) is 11.1 Å². The van der Waals surface area contributed by atoms with Crippen LogP contribution < -0.4 is 20.1 Å². The van der Waals surface area contributed by atoms with Crippen LogP contribution in [-0.2, 0) is 14.8 Å². The molecule has 2 heterocycles. The molecule has 3 aromatic rings. The predicted octanol–water partition coefficient (Wildman–Crippen LogP) is 2.65. The number of ether oxygens (including phenoxy) is 1. The van der Waals surface area contributed by atoms with Crippen LogP contribution in [0, 0.1) is 5.92 Å². The van der Waals surface area contributed by atoms with Gasteiger partial charge in [0, 0.05) is 24.3 Å². The number of carbonyl (C=O) groups is 1. The zero-order valence-electron chi connectivity index (χ0n) is 18.1. The standard InChI is InChI=1S/C23H25N5O4S/c1-32-19-8-4-16(5-9-19)21-12-13-22(27-26-21)28-14-2-3-17(15-28)23(29)25-18-6-10-20(11-7-18)33(24,30)31/h4-13,17H,2-3,14-15H2,1H3,(H,25,29)(H2,24,30,31). The molecule has 4 rings (SSSR count). The van der Waals surface area contributed by atoms with Crippen molar-refractivity contribution in [3.8, 4) is 17.0 Å². The number of anilines is 2. The molecule has 0 spiro atoms. The van der Waals surface area contributed by atoms with Gasteiger partial charge in [-0.05, 0) is 73.5 Å². The number of piperidine rings is 1. The minimum atomic E-state index is -3.77. The minimum absolute atomic E-state index is 0.000928. The molecule has 10 heteroatoms. The molecule has 2 aromatic carbocycles. The number of hydrogen-bond donors (Lipinski definition) is 2. The summed E-state index contributed by atoms with van der Waals surface area (Å²) in [6.07, 6.45) is 1.61. The van der Waals surface area contributed by atoms with Crippen LogP contribution in [0.2, 0.25) is 0 Å². The Morgan fingerprint density at radius 1 is 1.06 bits per heavy atom. The summed E-state index contributed by atoms with van der Waals surface area (Å²) in [7, 11) is -2.14. The average molecular weight is 468 g/mol. The minimum Gasteiger partial charge on any atom is -0.497 e. The summed E-state index contributed by atoms with van der Waals surface area (Å²) in [5.41, 5.74) is 2.23. The molecule has 1 aromatic heterocycles. The number of rotatable bonds is 6. The molecule has 3 N–H and O–H groups in total. The van der Waals surface area contributed by atoms with E-state index in [1.807, 2.05) is 36.4 Å². The van der Waals surface area contributed by atoms with Crippen LogP contribution in [0.5, 0.6) is 5.75 Å². The van der Waals surface area contributed by atoms with Crippen molar-refractivity contribution >= 4 is 27.4 Å². The number of methoxy groups -OCH3 is 1. The van der Waals surface area contributed by atoms with E-state index in [-0.39, 0.29) is 16.7 Å². The molecule has 1 atom stereocenters. The molecule has 0 saturated carbocycles. The topological polar surface area (TPSA) is 128 Å². The van der Waals surface area contributed by atoms with E-state index in [2.05, 4.69) is 20.4 Å². The molecule has 1 unspecified atom stereocenters. The second-order valence-corrected chi connectivity index (χ2v) is 9.41. The van der Waals surface area contributed by atoms with Gasteiger partial charge in [0.1, 0.15) is 5.75 Å². The predicted molar refractivity (Wildman–Crippen MR) is 125 cm³/mol. The first kappa shape index (κ1) is 22.7. The van der Waals surface area contributed by atoms with E-state index in [1.165, 1.54) is 24.3 Å². The highest BCUT2D eigenvalue weighted by Gasteiger charge is 2.27. The number of nitrogens with zero attached hydrogens (tertiary/aromatic N) is 3. The Labute approximate surface area is 192 Å². The first-order chi connectivity index (χ1) is 15.8. The zero-order chi connectivity index (χ0) is 23.4. The molecule has 1 amide bonds. The van der Waals surface area contributed by atoms with Crippen LogP contribution >= 0.6 is 0 Å². The van der Waals surface area contributed by atoms with Crippen LogP contribution in [0.15, 0.2) is 65.6 Å². The van der Waals surface area contributed by atoms with Gasteiger partial charge >= 0.3 is 0 Å². The molecular weight excluding hydrogens is 442 g/mol. The quantitative estimate of drug-likeness (QED) is 0.570. The Bertz CT molecular complexity index is 1210. The number of hydrogen-bond acceptors (Lipinski definition) is 7. The first-order valence-electron chi connectivity index (χ1n) is 10.5. The number of amides is 1. The van der Waals surface area contributed by atoms with E-state index in [1.54, 1.807) is 7.11 Å². The molecule has 9 nitrogen and oxygen atoms in total. The second kappa shape index (κ2) is 9.55. The largest absolute Gasteiger partial charge is 0.497 e. The Morgan fingerprint density at radius 3 is 2.39 bits per heavy atom. The lowest BCUT2D eigenvalue weighted by molar-refractivity contribution is -0.120. The van der Waals surface area contributed by atoms with Crippen LogP contribution in [0.1, 0.15) is 12.8 Å². The van der Waals surface area contributed by atoms with Gasteiger partial charge < -0.3 is 15.0 Å². The smallest absolute Gasteiger partial charge is 0.238 e. The van der Waals surface area contributed by atoms with Crippen molar-refractivity contribution in [1.29, 1.82) is 0 Å². The molecule has 33 heavy (non-hydrogen) atoms. The lowest BCUT2D eigenvalue weighted by atomic mass is 9.97. The van der Waals surface area contributed by atoms with Crippen LogP contribution in [0.4, 0.5) is 11.5 Å². The Hall–Kier alpha value is -3.50. The molecule has 172 valence electrons. The van der Waals surface area contributed by atoms with Gasteiger partial charge in [-0.15, -0.1) is 10.2 Å². The third-order valence-corrected chi connectivity index (χ3v) is 6.53. The summed E-state index contributed by atoms with van der Waals surface area (Å²) in [4.78, 5) is 14.8. The number of benzene rings is 2. The SMILES string of the molecule is COc1ccc(-c2ccc(N3CCCC(C(=O)Nc4ccc(S(N)(=O)=O)cc4)C3)nn2)cc1. The average Bonchev–Trinajstić information content (AvgIpc) is 2.84. The molecule has 1 saturated heterocycles. The van der Waals surface area contributed by atoms with Gasteiger partial charge in [0.25, 0.3) is 0 Å². The summed E-state index contributed by atoms with van der Waals surface area (Å²) in [5, 5.41) is 16.7. The Balaban J connectivity index is 1.39. The molecule has 1 aliphatic rings. The van der Waals surface area contributed by atoms with Crippen LogP contribution in [0.3, 0.4) is 0 Å². The van der Waals surface area contributed by atoms with Crippen molar-refractivity contribution in [2.45, 2.75) is 17.7 Å². The van der Waals surface area contributed by atoms with Gasteiger partial charge in [-0.3, -0.25) is 4.79 Å². The van der Waals surface area contributed by atoms with E-state index in [4.69, 9.17) is 9.88 Å². The van der Waals surface area contributed by atoms with Crippen LogP contribution in [0.25, 0.3) is 11.3 Å². The maximum absolute atomic E-state index is 12.8. The molecule has 0 radical (unpaired) electrons. The molecular formula is C23H25N5O4S. The van der Waals surface area contributed by atoms with Gasteiger partial charge in [0.05, 0.1) is 23.6 Å². The van der Waals surface area contributed by atoms with Crippen molar-refractivity contribution in [3.63, 3.8) is 0 Å². The molecule has 0 bridgehead atoms. The highest BCUT2D eigenvalue weighted by molar-refractivity contribution is 7.89. The van der Waals surface area contributed by atoms with E-state index < -0.39 is 10.0 Å². The number of carbonyl (C=O) groups excluding carboxylic acids is 1. The number of nitrogens with one attached hydrogen (secondary N) is 1. The van der Waals surface area contributed by atoms with Gasteiger partial charge in [-0.1, -0.05) is 0 Å². The molecule has 1 fully saturated rings. The highest BCUT2D eigenvalue weighted by Crippen LogP contribution is 2.25. The van der Waals surface area contributed by atoms with Crippen molar-refractivity contribution < 1.29 is 17.9 Å². The lowest BCUT2D eigenvalue weighted by Gasteiger charge is -2.32. The molecule has 1 aliphatic heterocycles. The maximum Gasteiger partial charge on any atom is 0.238 e. The van der Waals surface area contributed by atoms with E-state index in [0.29, 0.717) is 12.2 Å². The normalized spacial score (nSPS) is 16.3. The van der Waals surface area contributed by atoms with E-state index in [0.717, 1.165) is 42.2 Å². The first-order valence-corrected chi connectivity index (χ1v) is 12.0. The second-order valence-electron chi connectivity index (χ2n) is 7.85. The maximum atomic E-state index is 12.8. The van der Waals surface area contributed by atoms with E-state index >= 15 is 0 Å². The fraction of sp³-hybridized carbons (Fsp3) is 0.261. The molecule has 0 aliphatic carbocycles. The summed E-state index contributed by atoms with van der Waals surface area (Å²) < 4.78 is 27.9. The fourth-order valence-electron chi connectivity index (χ4n) is 3.78. The number of sulfonamides is 1. The fourth-order valence-corrected chi connectivity index (χ4v) is 4.30. The van der Waals surface area contributed by atoms with Gasteiger partial charge in [0.2, 0.25) is 15.9 Å². The third-order valence-electron chi connectivity index (χ3n) is 5.60. The Kier molecular flexibility index (Phi) is 6.57. The highest BCUT2D eigenvalue weighted by atomic mass is 32.2. The van der Waals surface area contributed by atoms with Gasteiger partial charge in [-0.25, -0.2) is 13.6 Å². The van der Waals surface area contributed by atoms with Crippen LogP contribution in [-0.4, -0.2) is 44.7 Å². The number of nitrogens with two attached hydrogens (primary N) is 1. The lowest BCUT2D eigenvalue weighted by Crippen LogP contribution is -2.41. The van der Waals surface area contributed by atoms with Gasteiger partial charge in [0.15, 0.2) is 5.82 Å². The monoisotopic (exact) mass is 467 g/mol. The van der Waals surface area contributed by atoms with Crippen molar-refractivity contribution in [1.82, 2.24) is 10.2 Å². The third kappa shape index (κ3) is 5.47. The summed E-state index contributed by atoms with van der Waals surface area (Å²) in [5.74, 6) is 1.16. The van der Waals surface area contributed by atoms with Gasteiger partial charge in [-0.2, -0.15) is 0 Å². The van der Waals surface area contributed by atoms with Crippen molar-refractivity contribution in [3.05, 3.63) is 60.7 Å². The summed E-state index contributed by atoms with van der Waals surface area (Å²) >= 11 is 0. The number of primary sulfonamides is 1. The number of aromatic nitrogens is 2. The summed E-state index contributed by atoms with van der Waals surface area (Å²) in [6.45, 7) is 1.32.